The molecule has 2 N–H and O–H groups in total. The summed E-state index contributed by atoms with van der Waals surface area (Å²) in [7, 11) is 0. The second-order valence-electron chi connectivity index (χ2n) is 7.07. The number of anilines is 1. The van der Waals surface area contributed by atoms with Crippen LogP contribution in [0.4, 0.5) is 5.69 Å². The Morgan fingerprint density at radius 2 is 1.77 bits per heavy atom. The zero-order valence-electron chi connectivity index (χ0n) is 17.9. The Labute approximate surface area is 180 Å². The molecule has 0 aliphatic rings. The molecule has 1 atom stereocenters. The van der Waals surface area contributed by atoms with E-state index in [2.05, 4.69) is 4.90 Å². The molecule has 1 unspecified atom stereocenters. The molecule has 31 heavy (non-hydrogen) atoms. The number of aliphatic hydroxyl groups is 2. The van der Waals surface area contributed by atoms with Gasteiger partial charge in [0, 0.05) is 35.8 Å². The fourth-order valence-electron chi connectivity index (χ4n) is 3.55. The molecule has 164 valence electrons. The highest BCUT2D eigenvalue weighted by Gasteiger charge is 2.18. The lowest BCUT2D eigenvalue weighted by atomic mass is 9.98. The van der Waals surface area contributed by atoms with Crippen LogP contribution in [0.2, 0.25) is 0 Å². The van der Waals surface area contributed by atoms with E-state index in [1.165, 1.54) is 6.07 Å². The summed E-state index contributed by atoms with van der Waals surface area (Å²) < 4.78 is 10.4. The van der Waals surface area contributed by atoms with Crippen LogP contribution in [0.15, 0.2) is 51.7 Å². The third-order valence-corrected chi connectivity index (χ3v) is 5.23. The zero-order valence-corrected chi connectivity index (χ0v) is 17.9. The van der Waals surface area contributed by atoms with Gasteiger partial charge >= 0.3 is 11.6 Å². The lowest BCUT2D eigenvalue weighted by molar-refractivity contribution is 0.0521. The maximum atomic E-state index is 12.3. The van der Waals surface area contributed by atoms with Gasteiger partial charge in [-0.05, 0) is 44.0 Å². The molecular formula is C24H27NO6. The van der Waals surface area contributed by atoms with Gasteiger partial charge in [0.1, 0.15) is 17.3 Å². The molecule has 1 aromatic heterocycles. The van der Waals surface area contributed by atoms with Gasteiger partial charge in [-0.15, -0.1) is 0 Å². The summed E-state index contributed by atoms with van der Waals surface area (Å²) in [5, 5.41) is 19.6. The summed E-state index contributed by atoms with van der Waals surface area (Å²) in [6.45, 7) is 7.07. The topological polar surface area (TPSA) is 100 Å². The predicted octanol–water partition coefficient (Wildman–Crippen LogP) is 3.51. The van der Waals surface area contributed by atoms with Crippen LogP contribution in [0.3, 0.4) is 0 Å². The number of hydrogen-bond donors (Lipinski definition) is 2. The maximum absolute atomic E-state index is 12.3. The second kappa shape index (κ2) is 9.76. The van der Waals surface area contributed by atoms with Crippen LogP contribution < -0.4 is 10.5 Å². The Balaban J connectivity index is 2.21. The Kier molecular flexibility index (Phi) is 7.09. The number of carbonyl (C=O) groups excluding carboxylic acids is 1. The first-order valence-electron chi connectivity index (χ1n) is 10.4. The predicted molar refractivity (Wildman–Crippen MR) is 119 cm³/mol. The fourth-order valence-corrected chi connectivity index (χ4v) is 3.55. The summed E-state index contributed by atoms with van der Waals surface area (Å²) in [6, 6.07) is 12.5. The molecule has 2 aromatic carbocycles. The molecule has 0 spiro atoms. The van der Waals surface area contributed by atoms with Crippen molar-refractivity contribution in [1.29, 1.82) is 0 Å². The van der Waals surface area contributed by atoms with Crippen molar-refractivity contribution in [3.63, 3.8) is 0 Å². The van der Waals surface area contributed by atoms with Crippen LogP contribution in [-0.2, 0) is 4.74 Å². The maximum Gasteiger partial charge on any atom is 0.351 e. The molecule has 7 nitrogen and oxygen atoms in total. The van der Waals surface area contributed by atoms with Gasteiger partial charge in [0.15, 0.2) is 0 Å². The van der Waals surface area contributed by atoms with Crippen LogP contribution >= 0.6 is 0 Å². The monoisotopic (exact) mass is 425 g/mol. The van der Waals surface area contributed by atoms with E-state index in [1.807, 2.05) is 38.1 Å². The van der Waals surface area contributed by atoms with Gasteiger partial charge in [-0.2, -0.15) is 0 Å². The highest BCUT2D eigenvalue weighted by molar-refractivity contribution is 5.96. The molecule has 0 radical (unpaired) electrons. The number of ether oxygens (including phenoxy) is 1. The van der Waals surface area contributed by atoms with Gasteiger partial charge < -0.3 is 24.3 Å². The standard InChI is InChI=1S/C24H27NO6/c1-4-25(5-2)20-13-22-17(12-19(24(29)31-22)23(28)30-6-3)11-18(20)15-7-9-16(10-8-15)21(27)14-26/h7-13,21,26-27H,4-6,14H2,1-3H3. The molecule has 3 aromatic rings. The first-order valence-corrected chi connectivity index (χ1v) is 10.4. The summed E-state index contributed by atoms with van der Waals surface area (Å²) >= 11 is 0. The van der Waals surface area contributed by atoms with Crippen molar-refractivity contribution in [1.82, 2.24) is 0 Å². The zero-order chi connectivity index (χ0) is 22.5. The van der Waals surface area contributed by atoms with E-state index >= 15 is 0 Å². The summed E-state index contributed by atoms with van der Waals surface area (Å²) in [4.78, 5) is 26.6. The quantitative estimate of drug-likeness (QED) is 0.421. The van der Waals surface area contributed by atoms with Crippen LogP contribution in [0.5, 0.6) is 0 Å². The van der Waals surface area contributed by atoms with Gasteiger partial charge in [-0.3, -0.25) is 0 Å². The van der Waals surface area contributed by atoms with Crippen LogP contribution in [0.25, 0.3) is 22.1 Å². The molecule has 1 heterocycles. The lowest BCUT2D eigenvalue weighted by Crippen LogP contribution is -2.22. The minimum atomic E-state index is -0.936. The number of carbonyl (C=O) groups is 1. The molecule has 0 saturated carbocycles. The Morgan fingerprint density at radius 3 is 2.35 bits per heavy atom. The van der Waals surface area contributed by atoms with E-state index in [9.17, 15) is 19.8 Å². The number of esters is 1. The van der Waals surface area contributed by atoms with Crippen molar-refractivity contribution < 1.29 is 24.2 Å². The molecule has 0 saturated heterocycles. The average molecular weight is 425 g/mol. The molecule has 0 fully saturated rings. The average Bonchev–Trinajstić information content (AvgIpc) is 2.78. The van der Waals surface area contributed by atoms with E-state index in [0.717, 1.165) is 29.9 Å². The number of aliphatic hydroxyl groups excluding tert-OH is 2. The van der Waals surface area contributed by atoms with E-state index in [1.54, 1.807) is 19.1 Å². The van der Waals surface area contributed by atoms with Crippen LogP contribution in [0, 0.1) is 0 Å². The van der Waals surface area contributed by atoms with Gasteiger partial charge in [-0.25, -0.2) is 9.59 Å². The van der Waals surface area contributed by atoms with Gasteiger partial charge in [0.25, 0.3) is 0 Å². The molecule has 0 aliphatic heterocycles. The summed E-state index contributed by atoms with van der Waals surface area (Å²) in [5.74, 6) is -0.713. The van der Waals surface area contributed by atoms with Crippen LogP contribution in [-0.4, -0.2) is 42.5 Å². The smallest absolute Gasteiger partial charge is 0.351 e. The molecule has 0 aliphatic carbocycles. The van der Waals surface area contributed by atoms with Crippen molar-refractivity contribution in [2.45, 2.75) is 26.9 Å². The number of nitrogens with zero attached hydrogens (tertiary/aromatic N) is 1. The molecule has 0 amide bonds. The number of rotatable bonds is 8. The van der Waals surface area contributed by atoms with Crippen molar-refractivity contribution in [2.24, 2.45) is 0 Å². The summed E-state index contributed by atoms with van der Waals surface area (Å²) in [5.41, 5.74) is 2.80. The largest absolute Gasteiger partial charge is 0.462 e. The van der Waals surface area contributed by atoms with Gasteiger partial charge in [0.2, 0.25) is 0 Å². The van der Waals surface area contributed by atoms with Crippen molar-refractivity contribution >= 4 is 22.6 Å². The number of fused-ring (bicyclic) bond motifs is 1. The molecule has 3 rings (SSSR count). The van der Waals surface area contributed by atoms with E-state index < -0.39 is 17.7 Å². The third-order valence-electron chi connectivity index (χ3n) is 5.23. The minimum Gasteiger partial charge on any atom is -0.462 e. The number of benzene rings is 2. The first-order chi connectivity index (χ1) is 14.9. The third kappa shape index (κ3) is 4.62. The minimum absolute atomic E-state index is 0.141. The Morgan fingerprint density at radius 1 is 1.10 bits per heavy atom. The van der Waals surface area contributed by atoms with Gasteiger partial charge in [-0.1, -0.05) is 24.3 Å². The van der Waals surface area contributed by atoms with E-state index in [4.69, 9.17) is 9.15 Å². The highest BCUT2D eigenvalue weighted by Crippen LogP contribution is 2.35. The fraction of sp³-hybridized carbons (Fsp3) is 0.333. The normalized spacial score (nSPS) is 12.0. The van der Waals surface area contributed by atoms with E-state index in [-0.39, 0.29) is 18.8 Å². The van der Waals surface area contributed by atoms with Crippen molar-refractivity contribution in [3.05, 3.63) is 64.0 Å². The highest BCUT2D eigenvalue weighted by atomic mass is 16.5. The molecule has 7 heteroatoms. The first kappa shape index (κ1) is 22.5. The van der Waals surface area contributed by atoms with Crippen molar-refractivity contribution in [3.8, 4) is 11.1 Å². The molecular weight excluding hydrogens is 398 g/mol. The van der Waals surface area contributed by atoms with Crippen LogP contribution in [0.1, 0.15) is 42.8 Å². The van der Waals surface area contributed by atoms with Crippen molar-refractivity contribution in [2.75, 3.05) is 31.2 Å². The van der Waals surface area contributed by atoms with E-state index in [0.29, 0.717) is 16.5 Å². The Bertz CT molecular complexity index is 1120. The number of hydrogen-bond acceptors (Lipinski definition) is 7. The summed E-state index contributed by atoms with van der Waals surface area (Å²) in [6.07, 6.45) is -0.936. The lowest BCUT2D eigenvalue weighted by Gasteiger charge is -2.25. The second-order valence-corrected chi connectivity index (χ2v) is 7.07. The van der Waals surface area contributed by atoms with Gasteiger partial charge in [0.05, 0.1) is 13.2 Å². The Hall–Kier alpha value is -3.16. The molecule has 0 bridgehead atoms. The SMILES string of the molecule is CCOC(=O)c1cc2cc(-c3ccc(C(O)CO)cc3)c(N(CC)CC)cc2oc1=O.